The Morgan fingerprint density at radius 3 is 3.08 bits per heavy atom. The maximum atomic E-state index is 10.4. The van der Waals surface area contributed by atoms with Crippen LogP contribution in [0.15, 0.2) is 0 Å². The highest BCUT2D eigenvalue weighted by Crippen LogP contribution is 2.15. The van der Waals surface area contributed by atoms with Gasteiger partial charge in [-0.15, -0.1) is 0 Å². The smallest absolute Gasteiger partial charge is 0.312 e. The van der Waals surface area contributed by atoms with Gasteiger partial charge < -0.3 is 11.1 Å². The van der Waals surface area contributed by atoms with E-state index in [0.717, 1.165) is 13.1 Å². The first-order chi connectivity index (χ1) is 5.74. The van der Waals surface area contributed by atoms with E-state index < -0.39 is 6.03 Å². The zero-order valence-corrected chi connectivity index (χ0v) is 7.55. The Kier molecular flexibility index (Phi) is 3.34. The second-order valence-electron chi connectivity index (χ2n) is 3.17. The number of nitrogens with zero attached hydrogens (tertiary/aromatic N) is 1. The van der Waals surface area contributed by atoms with E-state index in [0.29, 0.717) is 12.6 Å². The molecule has 0 saturated carbocycles. The number of primary amides is 1. The number of carbonyl (C=O) groups excluding carboxylic acids is 1. The summed E-state index contributed by atoms with van der Waals surface area (Å²) in [6.07, 6.45) is 2.41. The lowest BCUT2D eigenvalue weighted by molar-refractivity contribution is 0.235. The maximum Gasteiger partial charge on any atom is 0.312 e. The third-order valence-corrected chi connectivity index (χ3v) is 2.42. The highest BCUT2D eigenvalue weighted by Gasteiger charge is 2.22. The molecule has 0 spiro atoms. The highest BCUT2D eigenvalue weighted by atomic mass is 16.2. The van der Waals surface area contributed by atoms with Crippen molar-refractivity contribution in [2.45, 2.75) is 25.8 Å². The first kappa shape index (κ1) is 9.32. The number of amides is 2. The number of carbonyl (C=O) groups is 1. The Morgan fingerprint density at radius 1 is 1.75 bits per heavy atom. The summed E-state index contributed by atoms with van der Waals surface area (Å²) in [5.41, 5.74) is 4.99. The third-order valence-electron chi connectivity index (χ3n) is 2.42. The Hall–Kier alpha value is -0.770. The van der Waals surface area contributed by atoms with E-state index in [1.165, 1.54) is 12.8 Å². The monoisotopic (exact) mass is 171 g/mol. The molecule has 70 valence electrons. The molecule has 2 amide bonds. The van der Waals surface area contributed by atoms with Crippen LogP contribution in [0.5, 0.6) is 0 Å². The highest BCUT2D eigenvalue weighted by molar-refractivity contribution is 5.71. The van der Waals surface area contributed by atoms with Gasteiger partial charge in [-0.1, -0.05) is 6.92 Å². The number of nitrogens with two attached hydrogens (primary N) is 1. The molecule has 3 N–H and O–H groups in total. The van der Waals surface area contributed by atoms with E-state index in [2.05, 4.69) is 17.1 Å². The van der Waals surface area contributed by atoms with Crippen molar-refractivity contribution in [1.29, 1.82) is 0 Å². The van der Waals surface area contributed by atoms with Crippen LogP contribution in [0.25, 0.3) is 0 Å². The van der Waals surface area contributed by atoms with Crippen molar-refractivity contribution in [1.82, 2.24) is 10.2 Å². The SMILES string of the molecule is CCN1CCC[C@@H]1CNC(N)=O. The zero-order chi connectivity index (χ0) is 8.97. The molecule has 1 rings (SSSR count). The summed E-state index contributed by atoms with van der Waals surface area (Å²) in [4.78, 5) is 12.8. The van der Waals surface area contributed by atoms with Crippen LogP contribution in [0.2, 0.25) is 0 Å². The van der Waals surface area contributed by atoms with Crippen molar-refractivity contribution >= 4 is 6.03 Å². The van der Waals surface area contributed by atoms with Gasteiger partial charge in [-0.2, -0.15) is 0 Å². The van der Waals surface area contributed by atoms with Gasteiger partial charge in [0.15, 0.2) is 0 Å². The molecule has 0 bridgehead atoms. The van der Waals surface area contributed by atoms with Gasteiger partial charge >= 0.3 is 6.03 Å². The summed E-state index contributed by atoms with van der Waals surface area (Å²) >= 11 is 0. The Bertz CT molecular complexity index is 160. The first-order valence-electron chi connectivity index (χ1n) is 4.51. The Labute approximate surface area is 73.1 Å². The van der Waals surface area contributed by atoms with Crippen LogP contribution in [0.4, 0.5) is 4.79 Å². The van der Waals surface area contributed by atoms with E-state index in [1.54, 1.807) is 0 Å². The lowest BCUT2D eigenvalue weighted by Crippen LogP contribution is -2.41. The molecule has 1 heterocycles. The molecule has 0 aromatic heterocycles. The van der Waals surface area contributed by atoms with Crippen molar-refractivity contribution in [3.05, 3.63) is 0 Å². The quantitative estimate of drug-likeness (QED) is 0.634. The van der Waals surface area contributed by atoms with Crippen molar-refractivity contribution in [3.8, 4) is 0 Å². The van der Waals surface area contributed by atoms with Crippen molar-refractivity contribution in [2.75, 3.05) is 19.6 Å². The molecule has 1 aliphatic rings. The van der Waals surface area contributed by atoms with Gasteiger partial charge in [0.25, 0.3) is 0 Å². The number of likely N-dealkylation sites (N-methyl/N-ethyl adjacent to an activating group) is 1. The predicted octanol–water partition coefficient (Wildman–Crippen LogP) is 0.139. The summed E-state index contributed by atoms with van der Waals surface area (Å²) < 4.78 is 0. The van der Waals surface area contributed by atoms with Gasteiger partial charge in [0.05, 0.1) is 0 Å². The van der Waals surface area contributed by atoms with Gasteiger partial charge in [-0.25, -0.2) is 4.79 Å². The van der Waals surface area contributed by atoms with E-state index in [-0.39, 0.29) is 0 Å². The minimum Gasteiger partial charge on any atom is -0.352 e. The third kappa shape index (κ3) is 2.37. The van der Waals surface area contributed by atoms with Crippen LogP contribution >= 0.6 is 0 Å². The largest absolute Gasteiger partial charge is 0.352 e. The number of likely N-dealkylation sites (tertiary alicyclic amines) is 1. The van der Waals surface area contributed by atoms with Gasteiger partial charge in [-0.05, 0) is 25.9 Å². The molecule has 1 aliphatic heterocycles. The normalized spacial score (nSPS) is 24.2. The van der Waals surface area contributed by atoms with Gasteiger partial charge in [0.2, 0.25) is 0 Å². The fraction of sp³-hybridized carbons (Fsp3) is 0.875. The first-order valence-corrected chi connectivity index (χ1v) is 4.51. The number of hydrogen-bond donors (Lipinski definition) is 2. The van der Waals surface area contributed by atoms with Crippen LogP contribution in [-0.2, 0) is 0 Å². The predicted molar refractivity (Wildman–Crippen MR) is 47.9 cm³/mol. The van der Waals surface area contributed by atoms with Crippen LogP contribution in [-0.4, -0.2) is 36.6 Å². The lowest BCUT2D eigenvalue weighted by atomic mass is 10.2. The summed E-state index contributed by atoms with van der Waals surface area (Å²) in [5.74, 6) is 0. The topological polar surface area (TPSA) is 58.4 Å². The minimum atomic E-state index is -0.419. The second kappa shape index (κ2) is 4.30. The minimum absolute atomic E-state index is 0.419. The van der Waals surface area contributed by atoms with Crippen molar-refractivity contribution in [2.24, 2.45) is 5.73 Å². The Balaban J connectivity index is 2.26. The second-order valence-corrected chi connectivity index (χ2v) is 3.17. The van der Waals surface area contributed by atoms with Gasteiger partial charge in [-0.3, -0.25) is 4.90 Å². The molecule has 0 aromatic rings. The molecule has 12 heavy (non-hydrogen) atoms. The molecule has 0 aromatic carbocycles. The van der Waals surface area contributed by atoms with Gasteiger partial charge in [0, 0.05) is 12.6 Å². The zero-order valence-electron chi connectivity index (χ0n) is 7.55. The molecular formula is C8H17N3O. The number of rotatable bonds is 3. The molecular weight excluding hydrogens is 154 g/mol. The van der Waals surface area contributed by atoms with E-state index in [9.17, 15) is 4.79 Å². The average molecular weight is 171 g/mol. The fourth-order valence-electron chi connectivity index (χ4n) is 1.76. The van der Waals surface area contributed by atoms with Gasteiger partial charge in [0.1, 0.15) is 0 Å². The van der Waals surface area contributed by atoms with E-state index in [4.69, 9.17) is 5.73 Å². The summed E-state index contributed by atoms with van der Waals surface area (Å²) in [6, 6.07) is 0.0838. The summed E-state index contributed by atoms with van der Waals surface area (Å²) in [5, 5.41) is 2.65. The van der Waals surface area contributed by atoms with Crippen molar-refractivity contribution < 1.29 is 4.79 Å². The fourth-order valence-corrected chi connectivity index (χ4v) is 1.76. The number of urea groups is 1. The van der Waals surface area contributed by atoms with Crippen LogP contribution in [0, 0.1) is 0 Å². The number of nitrogens with one attached hydrogen (secondary N) is 1. The average Bonchev–Trinajstić information content (AvgIpc) is 2.47. The van der Waals surface area contributed by atoms with Crippen LogP contribution < -0.4 is 11.1 Å². The molecule has 1 saturated heterocycles. The molecule has 0 aliphatic carbocycles. The Morgan fingerprint density at radius 2 is 2.50 bits per heavy atom. The summed E-state index contributed by atoms with van der Waals surface area (Å²) in [7, 11) is 0. The molecule has 0 radical (unpaired) electrons. The molecule has 4 nitrogen and oxygen atoms in total. The van der Waals surface area contributed by atoms with E-state index >= 15 is 0 Å². The lowest BCUT2D eigenvalue weighted by Gasteiger charge is -2.22. The molecule has 4 heteroatoms. The van der Waals surface area contributed by atoms with Crippen LogP contribution in [0.3, 0.4) is 0 Å². The molecule has 0 unspecified atom stereocenters. The standard InChI is InChI=1S/C8H17N3O/c1-2-11-5-3-4-7(11)6-10-8(9)12/h7H,2-6H2,1H3,(H3,9,10,12)/t7-/m1/s1. The van der Waals surface area contributed by atoms with Crippen molar-refractivity contribution in [3.63, 3.8) is 0 Å². The van der Waals surface area contributed by atoms with Crippen LogP contribution in [0.1, 0.15) is 19.8 Å². The molecule has 1 fully saturated rings. The maximum absolute atomic E-state index is 10.4. The summed E-state index contributed by atoms with van der Waals surface area (Å²) in [6.45, 7) is 5.05. The molecule has 1 atom stereocenters. The number of hydrogen-bond acceptors (Lipinski definition) is 2. The van der Waals surface area contributed by atoms with E-state index in [1.807, 2.05) is 0 Å².